The van der Waals surface area contributed by atoms with E-state index in [1.54, 1.807) is 36.4 Å². The van der Waals surface area contributed by atoms with Gasteiger partial charge in [-0.05, 0) is 29.8 Å². The van der Waals surface area contributed by atoms with Crippen molar-refractivity contribution in [1.82, 2.24) is 0 Å². The van der Waals surface area contributed by atoms with Gasteiger partial charge in [0.1, 0.15) is 5.75 Å². The summed E-state index contributed by atoms with van der Waals surface area (Å²) < 4.78 is 10.8. The van der Waals surface area contributed by atoms with Crippen LogP contribution in [0.15, 0.2) is 48.5 Å². The third-order valence-electron chi connectivity index (χ3n) is 3.78. The van der Waals surface area contributed by atoms with Gasteiger partial charge in [-0.25, -0.2) is 4.79 Å². The third kappa shape index (κ3) is 4.38. The molecule has 0 atom stereocenters. The number of ketones is 1. The largest absolute Gasteiger partial charge is 0.496 e. The number of ether oxygens (including phenoxy) is 2. The predicted octanol–water partition coefficient (Wildman–Crippen LogP) is 4.21. The zero-order valence-corrected chi connectivity index (χ0v) is 15.4. The molecule has 0 spiro atoms. The number of benzene rings is 2. The first-order valence-corrected chi connectivity index (χ1v) is 9.95. The molecule has 1 saturated heterocycles. The molecule has 0 aromatic heterocycles. The minimum absolute atomic E-state index is 0.291. The first-order chi connectivity index (χ1) is 12.2. The number of hydrogen-bond donors (Lipinski definition) is 0. The zero-order chi connectivity index (χ0) is 17.6. The van der Waals surface area contributed by atoms with E-state index in [-0.39, 0.29) is 12.4 Å². The quantitative estimate of drug-likeness (QED) is 0.558. The highest BCUT2D eigenvalue weighted by Crippen LogP contribution is 2.45. The maximum Gasteiger partial charge on any atom is 0.338 e. The van der Waals surface area contributed by atoms with E-state index in [2.05, 4.69) is 0 Å². The fourth-order valence-electron chi connectivity index (χ4n) is 2.49. The van der Waals surface area contributed by atoms with Crippen molar-refractivity contribution in [2.45, 2.75) is 4.58 Å². The molecule has 1 aliphatic rings. The number of hydrogen-bond acceptors (Lipinski definition) is 6. The van der Waals surface area contributed by atoms with E-state index in [4.69, 9.17) is 9.47 Å². The van der Waals surface area contributed by atoms with Crippen LogP contribution in [0.3, 0.4) is 0 Å². The minimum atomic E-state index is -0.499. The summed E-state index contributed by atoms with van der Waals surface area (Å²) in [5.74, 6) is 2.00. The molecule has 0 N–H and O–H groups in total. The molecule has 2 aromatic carbocycles. The van der Waals surface area contributed by atoms with Crippen LogP contribution in [0, 0.1) is 0 Å². The van der Waals surface area contributed by atoms with Crippen LogP contribution < -0.4 is 4.74 Å². The SMILES string of the molecule is COc1ccccc1C(=O)COC(=O)c1ccc(C2SCCS2)cc1. The van der Waals surface area contributed by atoms with Gasteiger partial charge in [-0.3, -0.25) is 4.79 Å². The molecular weight excluding hydrogens is 356 g/mol. The standard InChI is InChI=1S/C19H18O4S2/c1-22-17-5-3-2-4-15(17)16(20)12-23-18(21)13-6-8-14(9-7-13)19-24-10-11-25-19/h2-9,19H,10-12H2,1H3. The molecule has 0 aliphatic carbocycles. The lowest BCUT2D eigenvalue weighted by atomic mass is 10.1. The van der Waals surface area contributed by atoms with Gasteiger partial charge in [-0.15, -0.1) is 23.5 Å². The van der Waals surface area contributed by atoms with Crippen LogP contribution in [0.5, 0.6) is 5.75 Å². The second kappa shape index (κ2) is 8.45. The molecule has 3 rings (SSSR count). The highest BCUT2D eigenvalue weighted by molar-refractivity contribution is 8.19. The van der Waals surface area contributed by atoms with Gasteiger partial charge in [0.2, 0.25) is 5.78 Å². The van der Waals surface area contributed by atoms with E-state index in [9.17, 15) is 9.59 Å². The van der Waals surface area contributed by atoms with Crippen LogP contribution in [-0.2, 0) is 4.74 Å². The molecule has 6 heteroatoms. The lowest BCUT2D eigenvalue weighted by molar-refractivity contribution is 0.0474. The molecule has 1 fully saturated rings. The molecule has 1 aliphatic heterocycles. The number of Topliss-reactive ketones (excluding diaryl/α,β-unsaturated/α-hetero) is 1. The molecule has 2 aromatic rings. The molecule has 0 amide bonds. The third-order valence-corrected chi connectivity index (χ3v) is 6.89. The summed E-state index contributed by atoms with van der Waals surface area (Å²) >= 11 is 3.83. The number of methoxy groups -OCH3 is 1. The zero-order valence-electron chi connectivity index (χ0n) is 13.8. The van der Waals surface area contributed by atoms with Gasteiger partial charge in [0.25, 0.3) is 0 Å². The molecule has 0 radical (unpaired) electrons. The summed E-state index contributed by atoms with van der Waals surface area (Å²) in [6.45, 7) is -0.310. The van der Waals surface area contributed by atoms with E-state index in [0.29, 0.717) is 21.5 Å². The Kier molecular flexibility index (Phi) is 6.04. The molecule has 0 saturated carbocycles. The molecule has 1 heterocycles. The van der Waals surface area contributed by atoms with Crippen molar-refractivity contribution in [3.05, 3.63) is 65.2 Å². The topological polar surface area (TPSA) is 52.6 Å². The van der Waals surface area contributed by atoms with Gasteiger partial charge >= 0.3 is 5.97 Å². The van der Waals surface area contributed by atoms with Gasteiger partial charge in [-0.1, -0.05) is 24.3 Å². The average Bonchev–Trinajstić information content (AvgIpc) is 3.20. The van der Waals surface area contributed by atoms with Gasteiger partial charge in [0.05, 0.1) is 22.8 Å². The second-order valence-electron chi connectivity index (χ2n) is 5.40. The number of esters is 1. The molecule has 0 bridgehead atoms. The van der Waals surface area contributed by atoms with Gasteiger partial charge in [0.15, 0.2) is 6.61 Å². The van der Waals surface area contributed by atoms with Gasteiger partial charge < -0.3 is 9.47 Å². The first kappa shape index (κ1) is 17.9. The fraction of sp³-hybridized carbons (Fsp3) is 0.263. The number of carbonyl (C=O) groups excluding carboxylic acids is 2. The van der Waals surface area contributed by atoms with Crippen molar-refractivity contribution in [3.8, 4) is 5.75 Å². The minimum Gasteiger partial charge on any atom is -0.496 e. The Balaban J connectivity index is 1.59. The lowest BCUT2D eigenvalue weighted by Crippen LogP contribution is -2.15. The van der Waals surface area contributed by atoms with Crippen LogP contribution in [-0.4, -0.2) is 37.0 Å². The van der Waals surface area contributed by atoms with Crippen molar-refractivity contribution in [1.29, 1.82) is 0 Å². The second-order valence-corrected chi connectivity index (χ2v) is 8.12. The molecular formula is C19H18O4S2. The fourth-order valence-corrected chi connectivity index (χ4v) is 5.35. The Morgan fingerprint density at radius 3 is 2.40 bits per heavy atom. The van der Waals surface area contributed by atoms with Crippen LogP contribution in [0.4, 0.5) is 0 Å². The maximum atomic E-state index is 12.2. The van der Waals surface area contributed by atoms with E-state index >= 15 is 0 Å². The lowest BCUT2D eigenvalue weighted by Gasteiger charge is -2.10. The summed E-state index contributed by atoms with van der Waals surface area (Å²) in [5, 5.41) is 0. The number of thioether (sulfide) groups is 2. The van der Waals surface area contributed by atoms with Crippen LogP contribution in [0.25, 0.3) is 0 Å². The van der Waals surface area contributed by atoms with Crippen molar-refractivity contribution < 1.29 is 19.1 Å². The maximum absolute atomic E-state index is 12.2. The Morgan fingerprint density at radius 2 is 1.72 bits per heavy atom. The van der Waals surface area contributed by atoms with E-state index in [1.807, 2.05) is 35.7 Å². The van der Waals surface area contributed by atoms with E-state index in [0.717, 1.165) is 11.5 Å². The Bertz CT molecular complexity index is 752. The smallest absolute Gasteiger partial charge is 0.338 e. The Labute approximate surface area is 155 Å². The summed E-state index contributed by atoms with van der Waals surface area (Å²) in [6.07, 6.45) is 0. The monoisotopic (exact) mass is 374 g/mol. The van der Waals surface area contributed by atoms with Crippen molar-refractivity contribution in [3.63, 3.8) is 0 Å². The summed E-state index contributed by atoms with van der Waals surface area (Å²) in [7, 11) is 1.50. The van der Waals surface area contributed by atoms with Crippen molar-refractivity contribution in [2.75, 3.05) is 25.2 Å². The Morgan fingerprint density at radius 1 is 1.04 bits per heavy atom. The van der Waals surface area contributed by atoms with Crippen LogP contribution >= 0.6 is 23.5 Å². The predicted molar refractivity (Wildman–Crippen MR) is 102 cm³/mol. The van der Waals surface area contributed by atoms with E-state index in [1.165, 1.54) is 12.7 Å². The molecule has 4 nitrogen and oxygen atoms in total. The normalized spacial score (nSPS) is 14.3. The number of para-hydroxylation sites is 1. The highest BCUT2D eigenvalue weighted by atomic mass is 32.2. The van der Waals surface area contributed by atoms with Gasteiger partial charge in [-0.2, -0.15) is 0 Å². The van der Waals surface area contributed by atoms with Crippen molar-refractivity contribution >= 4 is 35.3 Å². The average molecular weight is 374 g/mol. The van der Waals surface area contributed by atoms with Crippen molar-refractivity contribution in [2.24, 2.45) is 0 Å². The molecule has 130 valence electrons. The number of carbonyl (C=O) groups is 2. The first-order valence-electron chi connectivity index (χ1n) is 7.85. The Hall–Kier alpha value is -1.92. The van der Waals surface area contributed by atoms with Crippen LogP contribution in [0.2, 0.25) is 0 Å². The van der Waals surface area contributed by atoms with Crippen LogP contribution in [0.1, 0.15) is 30.9 Å². The van der Waals surface area contributed by atoms with Gasteiger partial charge in [0, 0.05) is 11.5 Å². The summed E-state index contributed by atoms with van der Waals surface area (Å²) in [6, 6.07) is 14.3. The number of rotatable bonds is 6. The van der Waals surface area contributed by atoms with E-state index < -0.39 is 5.97 Å². The summed E-state index contributed by atoms with van der Waals surface area (Å²) in [4.78, 5) is 24.4. The molecule has 0 unspecified atom stereocenters. The highest BCUT2D eigenvalue weighted by Gasteiger charge is 2.19. The summed E-state index contributed by atoms with van der Waals surface area (Å²) in [5.41, 5.74) is 2.06. The molecule has 25 heavy (non-hydrogen) atoms.